The molecule has 43 heavy (non-hydrogen) atoms. The molecule has 0 unspecified atom stereocenters. The molecule has 12 nitrogen and oxygen atoms in total. The lowest BCUT2D eigenvalue weighted by Gasteiger charge is -2.14. The summed E-state index contributed by atoms with van der Waals surface area (Å²) in [5, 5.41) is 23.8. The standard InChI is InChI=1S/C29H27F2N7O5/c1-15(2)38-29(42)37(19-7-5-18(30)6-8-19)28(41)25(36-38)21(40)13-17-4-9-22(20(31)12-17)43-23-10-11-32-26-24(23)27(35-34-26)33-16(3)14-39/h4-12,15-16,39H,13-14H2,1-3H3,(H2,32,33,34,35)/t16-/m0/s1. The Labute approximate surface area is 242 Å². The number of nitrogens with zero attached hydrogens (tertiary/aromatic N) is 5. The monoisotopic (exact) mass is 591 g/mol. The molecular formula is C29H27F2N7O5. The predicted molar refractivity (Wildman–Crippen MR) is 153 cm³/mol. The average Bonchev–Trinajstić information content (AvgIpc) is 3.38. The van der Waals surface area contributed by atoms with Gasteiger partial charge in [-0.15, -0.1) is 0 Å². The summed E-state index contributed by atoms with van der Waals surface area (Å²) in [4.78, 5) is 43.7. The maximum atomic E-state index is 15.2. The molecular weight excluding hydrogens is 564 g/mol. The van der Waals surface area contributed by atoms with Gasteiger partial charge in [-0.05, 0) is 62.7 Å². The zero-order valence-corrected chi connectivity index (χ0v) is 23.3. The van der Waals surface area contributed by atoms with Crippen LogP contribution in [0.25, 0.3) is 16.7 Å². The molecule has 0 fully saturated rings. The van der Waals surface area contributed by atoms with Crippen molar-refractivity contribution in [3.63, 3.8) is 0 Å². The van der Waals surface area contributed by atoms with Gasteiger partial charge in [0.05, 0.1) is 18.3 Å². The van der Waals surface area contributed by atoms with Crippen LogP contribution in [0.15, 0.2) is 64.3 Å². The second-order valence-corrected chi connectivity index (χ2v) is 10.1. The Kier molecular flexibility index (Phi) is 8.12. The Morgan fingerprint density at radius 2 is 1.81 bits per heavy atom. The first-order valence-electron chi connectivity index (χ1n) is 13.3. The average molecular weight is 592 g/mol. The summed E-state index contributed by atoms with van der Waals surface area (Å²) >= 11 is 0. The first-order chi connectivity index (χ1) is 20.6. The van der Waals surface area contributed by atoms with E-state index in [9.17, 15) is 23.9 Å². The number of pyridine rings is 1. The van der Waals surface area contributed by atoms with Crippen LogP contribution in [0.3, 0.4) is 0 Å². The molecule has 5 aromatic rings. The van der Waals surface area contributed by atoms with Crippen LogP contribution in [-0.2, 0) is 6.42 Å². The maximum Gasteiger partial charge on any atom is 0.352 e. The maximum absolute atomic E-state index is 15.2. The number of aromatic nitrogens is 6. The largest absolute Gasteiger partial charge is 0.453 e. The van der Waals surface area contributed by atoms with Crippen molar-refractivity contribution in [2.45, 2.75) is 39.3 Å². The Bertz CT molecular complexity index is 1930. The number of ether oxygens (including phenoxy) is 1. The molecule has 2 aromatic carbocycles. The number of carbonyl (C=O) groups is 1. The first-order valence-corrected chi connectivity index (χ1v) is 13.3. The molecule has 0 saturated carbocycles. The minimum Gasteiger partial charge on any atom is -0.453 e. The lowest BCUT2D eigenvalue weighted by Crippen LogP contribution is -2.44. The van der Waals surface area contributed by atoms with Gasteiger partial charge in [-0.1, -0.05) is 6.07 Å². The van der Waals surface area contributed by atoms with Crippen LogP contribution in [0.2, 0.25) is 0 Å². The summed E-state index contributed by atoms with van der Waals surface area (Å²) in [6, 6.07) is 9.30. The Morgan fingerprint density at radius 3 is 2.49 bits per heavy atom. The fourth-order valence-corrected chi connectivity index (χ4v) is 4.33. The van der Waals surface area contributed by atoms with Crippen molar-refractivity contribution in [2.24, 2.45) is 0 Å². The van der Waals surface area contributed by atoms with Gasteiger partial charge in [0.15, 0.2) is 34.5 Å². The van der Waals surface area contributed by atoms with Crippen molar-refractivity contribution in [1.82, 2.24) is 29.5 Å². The van der Waals surface area contributed by atoms with E-state index in [0.29, 0.717) is 16.9 Å². The summed E-state index contributed by atoms with van der Waals surface area (Å²) in [5.74, 6) is -1.62. The van der Waals surface area contributed by atoms with Crippen molar-refractivity contribution in [1.29, 1.82) is 0 Å². The van der Waals surface area contributed by atoms with E-state index >= 15 is 4.39 Å². The Balaban J connectivity index is 1.44. The Morgan fingerprint density at radius 1 is 1.07 bits per heavy atom. The van der Waals surface area contributed by atoms with Crippen LogP contribution in [-0.4, -0.2) is 53.1 Å². The SMILES string of the molecule is CC(C)n1nc(C(=O)Cc2ccc(Oc3ccnc4[nH]nc(N[C@@H](C)CO)c34)c(F)c2)c(=O)n(-c2ccc(F)cc2)c1=O. The molecule has 0 saturated heterocycles. The molecule has 0 amide bonds. The number of benzene rings is 2. The normalized spacial score (nSPS) is 12.1. The van der Waals surface area contributed by atoms with Gasteiger partial charge >= 0.3 is 5.69 Å². The third-order valence-electron chi connectivity index (χ3n) is 6.50. The lowest BCUT2D eigenvalue weighted by molar-refractivity contribution is 0.0982. The van der Waals surface area contributed by atoms with Gasteiger partial charge in [-0.3, -0.25) is 14.7 Å². The quantitative estimate of drug-likeness (QED) is 0.207. The van der Waals surface area contributed by atoms with Gasteiger partial charge in [0.25, 0.3) is 5.56 Å². The fraction of sp³-hybridized carbons (Fsp3) is 0.241. The molecule has 0 aliphatic heterocycles. The number of aromatic amines is 1. The van der Waals surface area contributed by atoms with Gasteiger partial charge in [0.2, 0.25) is 0 Å². The second-order valence-electron chi connectivity index (χ2n) is 10.1. The van der Waals surface area contributed by atoms with Crippen molar-refractivity contribution in [2.75, 3.05) is 11.9 Å². The van der Waals surface area contributed by atoms with E-state index in [2.05, 4.69) is 25.6 Å². The number of Topliss-reactive ketones (excluding diaryl/α,β-unsaturated/α-hetero) is 1. The number of halogens is 2. The molecule has 14 heteroatoms. The van der Waals surface area contributed by atoms with Gasteiger partial charge in [-0.2, -0.15) is 10.2 Å². The number of anilines is 1. The van der Waals surface area contributed by atoms with Crippen molar-refractivity contribution in [3.8, 4) is 17.2 Å². The molecule has 0 spiro atoms. The minimum absolute atomic E-state index is 0.0711. The Hall–Kier alpha value is -5.24. The van der Waals surface area contributed by atoms with Crippen LogP contribution in [0.4, 0.5) is 14.6 Å². The minimum atomic E-state index is -0.972. The van der Waals surface area contributed by atoms with E-state index in [-0.39, 0.29) is 35.4 Å². The zero-order valence-electron chi connectivity index (χ0n) is 23.3. The molecule has 3 heterocycles. The number of H-pyrrole nitrogens is 1. The fourth-order valence-electron chi connectivity index (χ4n) is 4.33. The molecule has 3 aromatic heterocycles. The van der Waals surface area contributed by atoms with Gasteiger partial charge < -0.3 is 15.2 Å². The van der Waals surface area contributed by atoms with Crippen molar-refractivity contribution < 1.29 is 23.4 Å². The number of hydrogen-bond acceptors (Lipinski definition) is 9. The molecule has 222 valence electrons. The van der Waals surface area contributed by atoms with Crippen molar-refractivity contribution >= 4 is 22.6 Å². The first kappa shape index (κ1) is 29.3. The molecule has 0 aliphatic rings. The van der Waals surface area contributed by atoms with Gasteiger partial charge in [-0.25, -0.2) is 27.8 Å². The number of nitrogens with one attached hydrogen (secondary N) is 2. The smallest absolute Gasteiger partial charge is 0.352 e. The number of ketones is 1. The van der Waals surface area contributed by atoms with Crippen LogP contribution in [0.5, 0.6) is 11.5 Å². The lowest BCUT2D eigenvalue weighted by atomic mass is 10.1. The number of aliphatic hydroxyl groups excluding tert-OH is 1. The van der Waals surface area contributed by atoms with E-state index in [1.807, 2.05) is 0 Å². The zero-order chi connectivity index (χ0) is 30.8. The third kappa shape index (κ3) is 5.90. The number of carbonyl (C=O) groups excluding carboxylic acids is 1. The molecule has 5 rings (SSSR count). The topological polar surface area (TPSA) is 157 Å². The molecule has 1 atom stereocenters. The second kappa shape index (κ2) is 11.9. The molecule has 3 N–H and O–H groups in total. The summed E-state index contributed by atoms with van der Waals surface area (Å²) in [6.07, 6.45) is 1.07. The number of rotatable bonds is 10. The molecule has 0 bridgehead atoms. The van der Waals surface area contributed by atoms with E-state index in [1.54, 1.807) is 20.8 Å². The van der Waals surface area contributed by atoms with Crippen molar-refractivity contribution in [3.05, 3.63) is 98.5 Å². The van der Waals surface area contributed by atoms with Crippen LogP contribution >= 0.6 is 0 Å². The summed E-state index contributed by atoms with van der Waals surface area (Å²) in [5.41, 5.74) is -1.59. The van der Waals surface area contributed by atoms with Crippen LogP contribution < -0.4 is 21.3 Å². The van der Waals surface area contributed by atoms with E-state index in [1.165, 1.54) is 36.5 Å². The summed E-state index contributed by atoms with van der Waals surface area (Å²) < 4.78 is 36.3. The van der Waals surface area contributed by atoms with E-state index < -0.39 is 46.8 Å². The van der Waals surface area contributed by atoms with Crippen LogP contribution in [0, 0.1) is 11.6 Å². The highest BCUT2D eigenvalue weighted by atomic mass is 19.1. The third-order valence-corrected chi connectivity index (χ3v) is 6.50. The number of fused-ring (bicyclic) bond motifs is 1. The predicted octanol–water partition coefficient (Wildman–Crippen LogP) is 3.54. The summed E-state index contributed by atoms with van der Waals surface area (Å²) in [7, 11) is 0. The van der Waals surface area contributed by atoms with E-state index in [4.69, 9.17) is 4.74 Å². The van der Waals surface area contributed by atoms with Gasteiger partial charge in [0, 0.05) is 24.7 Å². The number of aliphatic hydroxyl groups is 1. The molecule has 0 radical (unpaired) electrons. The van der Waals surface area contributed by atoms with Gasteiger partial charge in [0.1, 0.15) is 17.0 Å². The number of hydrogen-bond donors (Lipinski definition) is 3. The summed E-state index contributed by atoms with van der Waals surface area (Å²) in [6.45, 7) is 4.92. The van der Waals surface area contributed by atoms with Crippen LogP contribution in [0.1, 0.15) is 42.9 Å². The highest BCUT2D eigenvalue weighted by Gasteiger charge is 2.23. The van der Waals surface area contributed by atoms with E-state index in [0.717, 1.165) is 27.4 Å². The highest BCUT2D eigenvalue weighted by Crippen LogP contribution is 2.34. The molecule has 0 aliphatic carbocycles. The highest BCUT2D eigenvalue weighted by molar-refractivity contribution is 5.95.